The van der Waals surface area contributed by atoms with Crippen molar-refractivity contribution in [2.75, 3.05) is 24.5 Å². The molecule has 0 aliphatic rings. The van der Waals surface area contributed by atoms with Crippen LogP contribution in [0.1, 0.15) is 27.8 Å². The summed E-state index contributed by atoms with van der Waals surface area (Å²) in [5.74, 6) is -0.0760. The van der Waals surface area contributed by atoms with Gasteiger partial charge in [0.25, 0.3) is 5.91 Å². The molecule has 2 heterocycles. The van der Waals surface area contributed by atoms with Gasteiger partial charge < -0.3 is 24.8 Å². The van der Waals surface area contributed by atoms with E-state index in [-0.39, 0.29) is 17.2 Å². The number of ether oxygens (including phenoxy) is 1. The van der Waals surface area contributed by atoms with E-state index in [1.165, 1.54) is 31.3 Å². The number of aromatic nitrogens is 2. The maximum atomic E-state index is 13.6. The van der Waals surface area contributed by atoms with E-state index in [2.05, 4.69) is 20.6 Å². The molecule has 3 N–H and O–H groups in total. The minimum atomic E-state index is -3.40. The lowest BCUT2D eigenvalue weighted by atomic mass is 10.0. The molecule has 11 heteroatoms. The number of nitrogens with zero attached hydrogens (tertiary/aromatic N) is 1. The number of carbonyl (C=O) groups excluding carboxylic acids is 1. The number of hydrogen-bond acceptors (Lipinski definition) is 7. The summed E-state index contributed by atoms with van der Waals surface area (Å²) in [6.45, 7) is 0. The second kappa shape index (κ2) is 11.2. The predicted molar refractivity (Wildman–Crippen MR) is 150 cm³/mol. The molecule has 0 bridgehead atoms. The van der Waals surface area contributed by atoms with Crippen molar-refractivity contribution in [3.05, 3.63) is 102 Å². The fourth-order valence-corrected chi connectivity index (χ4v) is 4.77. The van der Waals surface area contributed by atoms with Crippen molar-refractivity contribution in [2.45, 2.75) is 12.5 Å². The summed E-state index contributed by atoms with van der Waals surface area (Å²) in [5.41, 5.74) is 2.41. The summed E-state index contributed by atoms with van der Waals surface area (Å²) in [4.78, 5) is 20.5. The Hall–Kier alpha value is -4.64. The summed E-state index contributed by atoms with van der Waals surface area (Å²) in [6.07, 6.45) is 4.32. The van der Waals surface area contributed by atoms with E-state index in [0.29, 0.717) is 40.2 Å². The first-order valence-electron chi connectivity index (χ1n) is 12.4. The van der Waals surface area contributed by atoms with Crippen LogP contribution in [0.3, 0.4) is 0 Å². The van der Waals surface area contributed by atoms with Crippen molar-refractivity contribution < 1.29 is 26.8 Å². The lowest BCUT2D eigenvalue weighted by Gasteiger charge is -2.20. The van der Waals surface area contributed by atoms with Gasteiger partial charge in [0.1, 0.15) is 34.6 Å². The number of anilines is 1. The zero-order valence-electron chi connectivity index (χ0n) is 21.8. The highest BCUT2D eigenvalue weighted by atomic mass is 32.2. The molecule has 5 rings (SSSR count). The topological polar surface area (TPSA) is 126 Å². The molecule has 0 aliphatic heterocycles. The van der Waals surface area contributed by atoms with Crippen LogP contribution in [-0.2, 0) is 16.3 Å². The number of carbonyl (C=O) groups is 1. The maximum Gasteiger partial charge on any atom is 0.255 e. The quantitative estimate of drug-likeness (QED) is 0.216. The average molecular weight is 563 g/mol. The van der Waals surface area contributed by atoms with Gasteiger partial charge in [-0.2, -0.15) is 0 Å². The standard InChI is InChI=1S/C29H27FN4O5S/c1-31-29(35)26-21-15-24(38-25(28-32-12-13-33-28)14-18-6-4-3-5-7-18)22(34-17-40(2,36)37)16-23(21)39-27(26)19-8-10-20(30)11-9-19/h3-13,15-16,25,34H,14,17H2,1-2H3,(H,31,35)(H,32,33). The number of furan rings is 1. The third-order valence-electron chi connectivity index (χ3n) is 6.23. The van der Waals surface area contributed by atoms with E-state index in [9.17, 15) is 17.6 Å². The molecule has 0 radical (unpaired) electrons. The third kappa shape index (κ3) is 5.99. The minimum absolute atomic E-state index is 0.237. The number of halogens is 1. The number of hydrogen-bond donors (Lipinski definition) is 3. The highest BCUT2D eigenvalue weighted by Crippen LogP contribution is 2.40. The van der Waals surface area contributed by atoms with Crippen LogP contribution in [0.5, 0.6) is 5.75 Å². The molecule has 206 valence electrons. The Morgan fingerprint density at radius 3 is 2.52 bits per heavy atom. The normalized spacial score (nSPS) is 12.3. The number of imidazole rings is 1. The van der Waals surface area contributed by atoms with Gasteiger partial charge in [-0.1, -0.05) is 30.3 Å². The molecule has 1 amide bonds. The van der Waals surface area contributed by atoms with Gasteiger partial charge in [0.05, 0.1) is 11.3 Å². The fraction of sp³-hybridized carbons (Fsp3) is 0.172. The molecular weight excluding hydrogens is 535 g/mol. The third-order valence-corrected chi connectivity index (χ3v) is 6.90. The van der Waals surface area contributed by atoms with Crippen LogP contribution >= 0.6 is 0 Å². The molecule has 0 fully saturated rings. The zero-order chi connectivity index (χ0) is 28.3. The number of H-pyrrole nitrogens is 1. The number of aromatic amines is 1. The Balaban J connectivity index is 1.65. The molecule has 9 nitrogen and oxygen atoms in total. The first-order chi connectivity index (χ1) is 19.2. The Labute approximate surface area is 230 Å². The van der Waals surface area contributed by atoms with E-state index in [1.807, 2.05) is 30.3 Å². The molecule has 2 aromatic heterocycles. The molecule has 1 atom stereocenters. The summed E-state index contributed by atoms with van der Waals surface area (Å²) in [6, 6.07) is 18.6. The van der Waals surface area contributed by atoms with Gasteiger partial charge >= 0.3 is 0 Å². The van der Waals surface area contributed by atoms with E-state index < -0.39 is 27.7 Å². The van der Waals surface area contributed by atoms with E-state index in [0.717, 1.165) is 11.8 Å². The number of benzene rings is 3. The summed E-state index contributed by atoms with van der Waals surface area (Å²) < 4.78 is 50.2. The Kier molecular flexibility index (Phi) is 7.56. The highest BCUT2D eigenvalue weighted by molar-refractivity contribution is 7.90. The maximum absolute atomic E-state index is 13.6. The number of fused-ring (bicyclic) bond motifs is 1. The predicted octanol–water partition coefficient (Wildman–Crippen LogP) is 5.10. The monoisotopic (exact) mass is 562 g/mol. The van der Waals surface area contributed by atoms with Crippen LogP contribution in [0.15, 0.2) is 83.5 Å². The van der Waals surface area contributed by atoms with E-state index in [1.54, 1.807) is 24.5 Å². The largest absolute Gasteiger partial charge is 0.480 e. The molecule has 3 aromatic carbocycles. The number of amides is 1. The molecule has 0 saturated heterocycles. The second-order valence-corrected chi connectivity index (χ2v) is 11.4. The Morgan fingerprint density at radius 2 is 1.88 bits per heavy atom. The number of sulfone groups is 1. The van der Waals surface area contributed by atoms with Gasteiger partial charge in [-0.05, 0) is 35.9 Å². The Morgan fingerprint density at radius 1 is 1.12 bits per heavy atom. The van der Waals surface area contributed by atoms with Crippen LogP contribution < -0.4 is 15.4 Å². The molecule has 0 saturated carbocycles. The van der Waals surface area contributed by atoms with Gasteiger partial charge in [0.2, 0.25) is 0 Å². The van der Waals surface area contributed by atoms with Gasteiger partial charge in [-0.15, -0.1) is 0 Å². The summed E-state index contributed by atoms with van der Waals surface area (Å²) in [7, 11) is -1.89. The SMILES string of the molecule is CNC(=O)c1c(-c2ccc(F)cc2)oc2cc(NCS(C)(=O)=O)c(OC(Cc3ccccc3)c3ncc[nH]3)cc12. The van der Waals surface area contributed by atoms with Gasteiger partial charge in [0, 0.05) is 49.1 Å². The van der Waals surface area contributed by atoms with Crippen molar-refractivity contribution in [1.29, 1.82) is 0 Å². The lowest BCUT2D eigenvalue weighted by Crippen LogP contribution is -2.18. The Bertz CT molecular complexity index is 1740. The van der Waals surface area contributed by atoms with Crippen molar-refractivity contribution in [3.63, 3.8) is 0 Å². The van der Waals surface area contributed by atoms with Crippen LogP contribution in [0.2, 0.25) is 0 Å². The van der Waals surface area contributed by atoms with E-state index in [4.69, 9.17) is 9.15 Å². The average Bonchev–Trinajstić information content (AvgIpc) is 3.60. The fourth-order valence-electron chi connectivity index (χ4n) is 4.35. The van der Waals surface area contributed by atoms with Crippen molar-refractivity contribution in [2.24, 2.45) is 0 Å². The smallest absolute Gasteiger partial charge is 0.255 e. The molecule has 1 unspecified atom stereocenters. The number of nitrogens with one attached hydrogen (secondary N) is 3. The van der Waals surface area contributed by atoms with Crippen LogP contribution in [-0.4, -0.2) is 43.5 Å². The molecule has 0 spiro atoms. The first-order valence-corrected chi connectivity index (χ1v) is 14.5. The van der Waals surface area contributed by atoms with Crippen LogP contribution in [0.4, 0.5) is 10.1 Å². The summed E-state index contributed by atoms with van der Waals surface area (Å²) in [5, 5.41) is 6.00. The van der Waals surface area contributed by atoms with Gasteiger partial charge in [-0.3, -0.25) is 4.79 Å². The van der Waals surface area contributed by atoms with Crippen molar-refractivity contribution in [1.82, 2.24) is 15.3 Å². The molecule has 40 heavy (non-hydrogen) atoms. The molecule has 0 aliphatic carbocycles. The molecular formula is C29H27FN4O5S. The lowest BCUT2D eigenvalue weighted by molar-refractivity contribution is 0.0964. The second-order valence-electron chi connectivity index (χ2n) is 9.25. The highest BCUT2D eigenvalue weighted by Gasteiger charge is 2.26. The van der Waals surface area contributed by atoms with Gasteiger partial charge in [-0.25, -0.2) is 17.8 Å². The van der Waals surface area contributed by atoms with Crippen molar-refractivity contribution in [3.8, 4) is 17.1 Å². The first kappa shape index (κ1) is 26.9. The van der Waals surface area contributed by atoms with Gasteiger partial charge in [0.15, 0.2) is 15.9 Å². The van der Waals surface area contributed by atoms with Crippen LogP contribution in [0, 0.1) is 5.82 Å². The van der Waals surface area contributed by atoms with E-state index >= 15 is 0 Å². The number of rotatable bonds is 10. The molecule has 5 aromatic rings. The van der Waals surface area contributed by atoms with Crippen LogP contribution in [0.25, 0.3) is 22.3 Å². The summed E-state index contributed by atoms with van der Waals surface area (Å²) >= 11 is 0. The zero-order valence-corrected chi connectivity index (χ0v) is 22.6. The minimum Gasteiger partial charge on any atom is -0.480 e. The van der Waals surface area contributed by atoms with Crippen molar-refractivity contribution >= 4 is 32.4 Å².